The van der Waals surface area contributed by atoms with E-state index in [-0.39, 0.29) is 17.6 Å². The number of sulfone groups is 1. The lowest BCUT2D eigenvalue weighted by Gasteiger charge is -2.50. The van der Waals surface area contributed by atoms with Crippen molar-refractivity contribution in [1.29, 1.82) is 0 Å². The first kappa shape index (κ1) is 17.4. The van der Waals surface area contributed by atoms with Gasteiger partial charge in [0.1, 0.15) is 4.75 Å². The molecular weight excluding hydrogens is 328 g/mol. The molecule has 1 aromatic rings. The van der Waals surface area contributed by atoms with E-state index in [1.54, 1.807) is 17.3 Å². The van der Waals surface area contributed by atoms with Crippen molar-refractivity contribution in [2.75, 3.05) is 25.4 Å². The van der Waals surface area contributed by atoms with Crippen molar-refractivity contribution in [2.45, 2.75) is 37.5 Å². The fourth-order valence-electron chi connectivity index (χ4n) is 3.66. The average Bonchev–Trinajstić information content (AvgIpc) is 2.78. The van der Waals surface area contributed by atoms with Gasteiger partial charge in [-0.05, 0) is 24.5 Å². The molecule has 132 valence electrons. The zero-order chi connectivity index (χ0) is 17.2. The van der Waals surface area contributed by atoms with Gasteiger partial charge >= 0.3 is 0 Å². The lowest BCUT2D eigenvalue weighted by molar-refractivity contribution is -0.138. The average molecular weight is 352 g/mol. The summed E-state index contributed by atoms with van der Waals surface area (Å²) < 4.78 is 30.0. The molecule has 2 aliphatic rings. The summed E-state index contributed by atoms with van der Waals surface area (Å²) in [5.74, 6) is 0.217. The Bertz CT molecular complexity index is 684. The predicted octanol–water partition coefficient (Wildman–Crippen LogP) is 1.41. The molecule has 6 nitrogen and oxygen atoms in total. The number of aromatic nitrogens is 1. The fraction of sp³-hybridized carbons (Fsp3) is 0.647. The first-order chi connectivity index (χ1) is 11.5. The largest absolute Gasteiger partial charge is 0.376 e. The van der Waals surface area contributed by atoms with Crippen LogP contribution >= 0.6 is 0 Å². The predicted molar refractivity (Wildman–Crippen MR) is 90.0 cm³/mol. The van der Waals surface area contributed by atoms with Crippen LogP contribution in [0.4, 0.5) is 0 Å². The molecule has 2 saturated heterocycles. The van der Waals surface area contributed by atoms with Crippen LogP contribution in [0.1, 0.15) is 31.7 Å². The number of hydrogen-bond acceptors (Lipinski definition) is 5. The van der Waals surface area contributed by atoms with E-state index in [2.05, 4.69) is 4.98 Å². The highest BCUT2D eigenvalue weighted by atomic mass is 32.2. The first-order valence-electron chi connectivity index (χ1n) is 8.45. The summed E-state index contributed by atoms with van der Waals surface area (Å²) in [7, 11) is -3.16. The van der Waals surface area contributed by atoms with Crippen molar-refractivity contribution in [1.82, 2.24) is 9.88 Å². The Balaban J connectivity index is 1.60. The van der Waals surface area contributed by atoms with Crippen LogP contribution in [0, 0.1) is 5.92 Å². The minimum atomic E-state index is -3.16. The van der Waals surface area contributed by atoms with Gasteiger partial charge in [-0.15, -0.1) is 0 Å². The molecule has 1 atom stereocenters. The molecule has 2 fully saturated rings. The molecule has 1 spiro atoms. The molecule has 7 heteroatoms. The Hall–Kier alpha value is -1.47. The second-order valence-corrected chi connectivity index (χ2v) is 9.20. The minimum absolute atomic E-state index is 0.0372. The summed E-state index contributed by atoms with van der Waals surface area (Å²) in [6, 6.07) is 3.78. The van der Waals surface area contributed by atoms with Gasteiger partial charge in [0.05, 0.1) is 19.0 Å². The van der Waals surface area contributed by atoms with Crippen LogP contribution in [-0.4, -0.2) is 54.4 Å². The molecular formula is C17H24N2O4S. The molecule has 0 radical (unpaired) electrons. The van der Waals surface area contributed by atoms with Gasteiger partial charge in [-0.3, -0.25) is 9.78 Å². The van der Waals surface area contributed by atoms with Crippen LogP contribution in [0.5, 0.6) is 0 Å². The third-order valence-corrected chi connectivity index (χ3v) is 7.75. The van der Waals surface area contributed by atoms with Crippen molar-refractivity contribution in [3.05, 3.63) is 30.1 Å². The minimum Gasteiger partial charge on any atom is -0.376 e. The van der Waals surface area contributed by atoms with Gasteiger partial charge in [0.2, 0.25) is 5.91 Å². The highest BCUT2D eigenvalue weighted by molar-refractivity contribution is 7.93. The monoisotopic (exact) mass is 352 g/mol. The molecule has 1 aromatic heterocycles. The summed E-state index contributed by atoms with van der Waals surface area (Å²) >= 11 is 0. The van der Waals surface area contributed by atoms with Gasteiger partial charge in [0.15, 0.2) is 9.84 Å². The molecule has 0 aromatic carbocycles. The SMILES string of the molecule is CCCC(=O)N1CC2(C1)C(COCc1cccnc1)CCS2(=O)=O. The quantitative estimate of drug-likeness (QED) is 0.774. The maximum atomic E-state index is 12.5. The number of nitrogens with zero attached hydrogens (tertiary/aromatic N) is 2. The number of likely N-dealkylation sites (tertiary alicyclic amines) is 1. The van der Waals surface area contributed by atoms with Crippen LogP contribution in [0.2, 0.25) is 0 Å². The van der Waals surface area contributed by atoms with E-state index < -0.39 is 14.6 Å². The zero-order valence-electron chi connectivity index (χ0n) is 14.0. The lowest BCUT2D eigenvalue weighted by atomic mass is 9.83. The van der Waals surface area contributed by atoms with Crippen molar-refractivity contribution in [3.8, 4) is 0 Å². The molecule has 1 amide bonds. The zero-order valence-corrected chi connectivity index (χ0v) is 14.8. The van der Waals surface area contributed by atoms with E-state index in [1.165, 1.54) is 0 Å². The molecule has 2 aliphatic heterocycles. The second kappa shape index (κ2) is 6.80. The Morgan fingerprint density at radius 2 is 2.25 bits per heavy atom. The molecule has 0 saturated carbocycles. The van der Waals surface area contributed by atoms with Gasteiger partial charge in [0.25, 0.3) is 0 Å². The summed E-state index contributed by atoms with van der Waals surface area (Å²) in [6.45, 7) is 3.45. The Kier molecular flexibility index (Phi) is 4.92. The standard InChI is InChI=1S/C17H24N2O4S/c1-2-4-16(20)19-12-17(13-19)15(6-8-24(17,21)22)11-23-10-14-5-3-7-18-9-14/h3,5,7,9,15H,2,4,6,8,10-13H2,1H3. The van der Waals surface area contributed by atoms with Crippen LogP contribution in [-0.2, 0) is 26.0 Å². The normalized spacial score (nSPS) is 24.0. The van der Waals surface area contributed by atoms with Crippen LogP contribution < -0.4 is 0 Å². The fourth-order valence-corrected chi connectivity index (χ4v) is 6.06. The van der Waals surface area contributed by atoms with Crippen LogP contribution in [0.15, 0.2) is 24.5 Å². The molecule has 1 unspecified atom stereocenters. The molecule has 24 heavy (non-hydrogen) atoms. The summed E-state index contributed by atoms with van der Waals surface area (Å²) in [5, 5.41) is 0. The number of ether oxygens (including phenoxy) is 1. The smallest absolute Gasteiger partial charge is 0.222 e. The first-order valence-corrected chi connectivity index (χ1v) is 10.1. The Morgan fingerprint density at radius 1 is 1.46 bits per heavy atom. The number of rotatable bonds is 6. The number of amides is 1. The second-order valence-electron chi connectivity index (χ2n) is 6.75. The number of pyridine rings is 1. The highest BCUT2D eigenvalue weighted by Crippen LogP contribution is 2.45. The van der Waals surface area contributed by atoms with Crippen molar-refractivity contribution in [3.63, 3.8) is 0 Å². The van der Waals surface area contributed by atoms with Crippen LogP contribution in [0.25, 0.3) is 0 Å². The topological polar surface area (TPSA) is 76.6 Å². The van der Waals surface area contributed by atoms with E-state index >= 15 is 0 Å². The van der Waals surface area contributed by atoms with Gasteiger partial charge in [-0.1, -0.05) is 13.0 Å². The summed E-state index contributed by atoms with van der Waals surface area (Å²) in [5.41, 5.74) is 0.973. The molecule has 0 aliphatic carbocycles. The van der Waals surface area contributed by atoms with Crippen molar-refractivity contribution >= 4 is 15.7 Å². The summed E-state index contributed by atoms with van der Waals surface area (Å²) in [4.78, 5) is 17.7. The third kappa shape index (κ3) is 3.07. The number of carbonyl (C=O) groups excluding carboxylic acids is 1. The van der Waals surface area contributed by atoms with Crippen molar-refractivity contribution in [2.24, 2.45) is 5.92 Å². The molecule has 3 rings (SSSR count). The highest BCUT2D eigenvalue weighted by Gasteiger charge is 2.62. The third-order valence-electron chi connectivity index (χ3n) is 5.14. The van der Waals surface area contributed by atoms with Gasteiger partial charge < -0.3 is 9.64 Å². The van der Waals surface area contributed by atoms with Crippen LogP contribution in [0.3, 0.4) is 0 Å². The molecule has 0 N–H and O–H groups in total. The molecule has 3 heterocycles. The molecule has 0 bridgehead atoms. The van der Waals surface area contributed by atoms with E-state index in [0.29, 0.717) is 39.1 Å². The summed E-state index contributed by atoms with van der Waals surface area (Å²) in [6.07, 6.45) is 5.34. The maximum absolute atomic E-state index is 12.5. The number of hydrogen-bond donors (Lipinski definition) is 0. The Labute approximate surface area is 143 Å². The Morgan fingerprint density at radius 3 is 2.92 bits per heavy atom. The van der Waals surface area contributed by atoms with E-state index in [1.807, 2.05) is 19.1 Å². The number of carbonyl (C=O) groups is 1. The van der Waals surface area contributed by atoms with E-state index in [9.17, 15) is 13.2 Å². The van der Waals surface area contributed by atoms with Gasteiger partial charge in [-0.2, -0.15) is 0 Å². The van der Waals surface area contributed by atoms with Gasteiger partial charge in [-0.25, -0.2) is 8.42 Å². The van der Waals surface area contributed by atoms with E-state index in [0.717, 1.165) is 12.0 Å². The lowest BCUT2D eigenvalue weighted by Crippen LogP contribution is -2.68. The van der Waals surface area contributed by atoms with Crippen molar-refractivity contribution < 1.29 is 17.9 Å². The van der Waals surface area contributed by atoms with Gasteiger partial charge in [0, 0.05) is 37.8 Å². The van der Waals surface area contributed by atoms with E-state index in [4.69, 9.17) is 4.74 Å². The maximum Gasteiger partial charge on any atom is 0.222 e.